The molecule has 5 aliphatic rings. The molecule has 2 spiro atoms. The fourth-order valence-corrected chi connectivity index (χ4v) is 9.98. The highest BCUT2D eigenvalue weighted by Crippen LogP contribution is 2.87. The summed E-state index contributed by atoms with van der Waals surface area (Å²) in [6.45, 7) is 12.6. The first kappa shape index (κ1) is 21.0. The Morgan fingerprint density at radius 2 is 2.03 bits per heavy atom. The maximum absolute atomic E-state index is 10.1. The van der Waals surface area contributed by atoms with Gasteiger partial charge < -0.3 is 10.1 Å². The SMILES string of the molecule is C=C1C=C2C3(CCC(CC(CO)Cc4cc[nH]c4)C3)CCC3CC=CC4(C1C4(C)C)C23C. The molecule has 0 aliphatic heterocycles. The molecular weight excluding hydrogens is 390 g/mol. The van der Waals surface area contributed by atoms with Crippen molar-refractivity contribution >= 4 is 0 Å². The summed E-state index contributed by atoms with van der Waals surface area (Å²) in [5, 5.41) is 10.1. The molecule has 1 heterocycles. The largest absolute Gasteiger partial charge is 0.396 e. The van der Waals surface area contributed by atoms with E-state index in [-0.39, 0.29) is 5.41 Å². The van der Waals surface area contributed by atoms with Crippen LogP contribution in [0.25, 0.3) is 0 Å². The lowest BCUT2D eigenvalue weighted by molar-refractivity contribution is 0.0207. The quantitative estimate of drug-likeness (QED) is 0.491. The summed E-state index contributed by atoms with van der Waals surface area (Å²) < 4.78 is 0. The fraction of sp³-hybridized carbons (Fsp3) is 0.667. The Morgan fingerprint density at radius 1 is 1.22 bits per heavy atom. The molecule has 0 saturated heterocycles. The molecule has 172 valence electrons. The van der Waals surface area contributed by atoms with Crippen LogP contribution in [0.1, 0.15) is 71.3 Å². The molecule has 1 aromatic heterocycles. The number of aliphatic hydroxyl groups is 1. The number of H-pyrrole nitrogens is 1. The molecule has 7 unspecified atom stereocenters. The van der Waals surface area contributed by atoms with Crippen LogP contribution < -0.4 is 0 Å². The van der Waals surface area contributed by atoms with Crippen molar-refractivity contribution in [2.75, 3.05) is 6.61 Å². The summed E-state index contributed by atoms with van der Waals surface area (Å²) in [5.74, 6) is 2.53. The third-order valence-electron chi connectivity index (χ3n) is 11.3. The first-order valence-electron chi connectivity index (χ1n) is 13.1. The summed E-state index contributed by atoms with van der Waals surface area (Å²) in [6, 6.07) is 2.16. The van der Waals surface area contributed by atoms with E-state index in [1.807, 2.05) is 6.20 Å². The lowest BCUT2D eigenvalue weighted by atomic mass is 9.44. The van der Waals surface area contributed by atoms with Crippen molar-refractivity contribution in [3.8, 4) is 0 Å². The minimum absolute atomic E-state index is 0.289. The molecule has 3 saturated carbocycles. The second kappa shape index (κ2) is 6.75. The van der Waals surface area contributed by atoms with E-state index >= 15 is 0 Å². The Labute approximate surface area is 194 Å². The average Bonchev–Trinajstić information content (AvgIpc) is 3.17. The average molecular weight is 432 g/mol. The van der Waals surface area contributed by atoms with Crippen LogP contribution in [0.15, 0.2) is 54.4 Å². The lowest BCUT2D eigenvalue weighted by Crippen LogP contribution is -2.51. The van der Waals surface area contributed by atoms with Gasteiger partial charge in [-0.05, 0) is 97.5 Å². The van der Waals surface area contributed by atoms with E-state index in [4.69, 9.17) is 0 Å². The maximum Gasteiger partial charge on any atom is 0.0462 e. The van der Waals surface area contributed by atoms with Gasteiger partial charge in [0.05, 0.1) is 0 Å². The van der Waals surface area contributed by atoms with E-state index < -0.39 is 0 Å². The van der Waals surface area contributed by atoms with E-state index in [1.54, 1.807) is 5.57 Å². The highest BCUT2D eigenvalue weighted by molar-refractivity contribution is 5.55. The number of allylic oxidation sites excluding steroid dienone is 5. The lowest BCUT2D eigenvalue weighted by Gasteiger charge is -2.60. The molecule has 3 fully saturated rings. The molecule has 6 rings (SSSR count). The minimum Gasteiger partial charge on any atom is -0.396 e. The summed E-state index contributed by atoms with van der Waals surface area (Å²) >= 11 is 0. The van der Waals surface area contributed by atoms with Crippen LogP contribution in [0.5, 0.6) is 0 Å². The second-order valence-corrected chi connectivity index (χ2v) is 12.8. The zero-order valence-corrected chi connectivity index (χ0v) is 20.3. The molecule has 0 bridgehead atoms. The fourth-order valence-electron chi connectivity index (χ4n) is 9.98. The predicted octanol–water partition coefficient (Wildman–Crippen LogP) is 6.86. The van der Waals surface area contributed by atoms with Gasteiger partial charge in [-0.25, -0.2) is 0 Å². The van der Waals surface area contributed by atoms with Gasteiger partial charge in [-0.1, -0.05) is 56.7 Å². The van der Waals surface area contributed by atoms with E-state index in [2.05, 4.69) is 62.8 Å². The van der Waals surface area contributed by atoms with Gasteiger partial charge >= 0.3 is 0 Å². The van der Waals surface area contributed by atoms with E-state index in [9.17, 15) is 5.11 Å². The van der Waals surface area contributed by atoms with Crippen molar-refractivity contribution in [2.24, 2.45) is 45.3 Å². The van der Waals surface area contributed by atoms with Gasteiger partial charge in [-0.2, -0.15) is 0 Å². The molecule has 2 heteroatoms. The highest BCUT2D eigenvalue weighted by atomic mass is 16.3. The molecule has 0 radical (unpaired) electrons. The monoisotopic (exact) mass is 431 g/mol. The molecule has 2 N–H and O–H groups in total. The molecular formula is C30H41NO. The zero-order valence-electron chi connectivity index (χ0n) is 20.3. The number of rotatable bonds is 5. The van der Waals surface area contributed by atoms with Crippen molar-refractivity contribution in [1.82, 2.24) is 4.98 Å². The predicted molar refractivity (Wildman–Crippen MR) is 131 cm³/mol. The summed E-state index contributed by atoms with van der Waals surface area (Å²) in [5.41, 5.74) is 5.79. The minimum atomic E-state index is 0.289. The summed E-state index contributed by atoms with van der Waals surface area (Å²) in [4.78, 5) is 3.17. The number of aliphatic hydroxyl groups excluding tert-OH is 1. The Bertz CT molecular complexity index is 982. The summed E-state index contributed by atoms with van der Waals surface area (Å²) in [7, 11) is 0. The van der Waals surface area contributed by atoms with Crippen LogP contribution in [0.2, 0.25) is 0 Å². The number of hydrogen-bond donors (Lipinski definition) is 2. The Kier molecular flexibility index (Phi) is 4.43. The van der Waals surface area contributed by atoms with Gasteiger partial charge in [0, 0.05) is 29.8 Å². The molecule has 32 heavy (non-hydrogen) atoms. The van der Waals surface area contributed by atoms with Crippen molar-refractivity contribution in [2.45, 2.75) is 72.1 Å². The van der Waals surface area contributed by atoms with Gasteiger partial charge in [-0.3, -0.25) is 0 Å². The van der Waals surface area contributed by atoms with Crippen LogP contribution in [0, 0.1) is 45.3 Å². The highest BCUT2D eigenvalue weighted by Gasteiger charge is 2.81. The van der Waals surface area contributed by atoms with Crippen molar-refractivity contribution in [1.29, 1.82) is 0 Å². The van der Waals surface area contributed by atoms with Crippen molar-refractivity contribution < 1.29 is 5.11 Å². The molecule has 1 aromatic rings. The maximum atomic E-state index is 10.1. The van der Waals surface area contributed by atoms with Gasteiger partial charge in [0.2, 0.25) is 0 Å². The molecule has 2 nitrogen and oxygen atoms in total. The van der Waals surface area contributed by atoms with Gasteiger partial charge in [0.25, 0.3) is 0 Å². The zero-order chi connectivity index (χ0) is 22.4. The first-order valence-corrected chi connectivity index (χ1v) is 13.1. The molecule has 5 aliphatic carbocycles. The standard InChI is InChI=1S/C30H41NO/c1-20-14-25-28(4)24(6-5-10-30(28)26(20)27(30,2)3)8-12-29(25)11-7-21(17-29)15-23(19-32)16-22-9-13-31-18-22/h5,9-10,13-14,18,21,23-24,26,31-32H,1,6-8,11-12,15-17,19H2,2-4H3. The van der Waals surface area contributed by atoms with Crippen LogP contribution in [0.4, 0.5) is 0 Å². The van der Waals surface area contributed by atoms with Crippen LogP contribution in [0.3, 0.4) is 0 Å². The molecule has 0 aromatic carbocycles. The number of hydrogen-bond acceptors (Lipinski definition) is 1. The second-order valence-electron chi connectivity index (χ2n) is 12.8. The van der Waals surface area contributed by atoms with Crippen LogP contribution in [-0.2, 0) is 6.42 Å². The smallest absolute Gasteiger partial charge is 0.0462 e. The van der Waals surface area contributed by atoms with E-state index in [0.717, 1.165) is 24.7 Å². The molecule has 0 amide bonds. The Balaban J connectivity index is 1.29. The summed E-state index contributed by atoms with van der Waals surface area (Å²) in [6.07, 6.45) is 22.0. The first-order chi connectivity index (χ1) is 15.3. The normalized spacial score (nSPS) is 44.2. The Morgan fingerprint density at radius 3 is 2.78 bits per heavy atom. The topological polar surface area (TPSA) is 36.0 Å². The Hall–Kier alpha value is -1.54. The number of nitrogens with one attached hydrogen (secondary N) is 1. The van der Waals surface area contributed by atoms with Gasteiger partial charge in [-0.15, -0.1) is 0 Å². The number of aromatic nitrogens is 1. The number of fused-ring (bicyclic) bond motifs is 1. The third kappa shape index (κ3) is 2.46. The van der Waals surface area contributed by atoms with Crippen LogP contribution in [-0.4, -0.2) is 16.7 Å². The van der Waals surface area contributed by atoms with Gasteiger partial charge in [0.15, 0.2) is 0 Å². The van der Waals surface area contributed by atoms with Crippen LogP contribution >= 0.6 is 0 Å². The number of aromatic amines is 1. The molecule has 7 atom stereocenters. The van der Waals surface area contributed by atoms with Gasteiger partial charge in [0.1, 0.15) is 0 Å². The van der Waals surface area contributed by atoms with Crippen molar-refractivity contribution in [3.63, 3.8) is 0 Å². The van der Waals surface area contributed by atoms with Crippen molar-refractivity contribution in [3.05, 3.63) is 60.0 Å². The van der Waals surface area contributed by atoms with E-state index in [0.29, 0.717) is 34.7 Å². The van der Waals surface area contributed by atoms with E-state index in [1.165, 1.54) is 49.7 Å². The third-order valence-corrected chi connectivity index (χ3v) is 11.3.